The second-order valence-corrected chi connectivity index (χ2v) is 11.8. The fourth-order valence-corrected chi connectivity index (χ4v) is 6.99. The van der Waals surface area contributed by atoms with E-state index in [9.17, 15) is 13.2 Å². The molecule has 8 nitrogen and oxygen atoms in total. The Bertz CT molecular complexity index is 1130. The summed E-state index contributed by atoms with van der Waals surface area (Å²) in [6.45, 7) is 6.44. The first-order valence-corrected chi connectivity index (χ1v) is 13.9. The molecule has 2 fully saturated rings. The van der Waals surface area contributed by atoms with Crippen molar-refractivity contribution in [2.24, 2.45) is 5.92 Å². The normalized spacial score (nSPS) is 20.9. The van der Waals surface area contributed by atoms with E-state index in [-0.39, 0.29) is 11.8 Å². The van der Waals surface area contributed by atoms with Gasteiger partial charge in [-0.3, -0.25) is 9.69 Å². The predicted octanol–water partition coefficient (Wildman–Crippen LogP) is 2.61. The lowest BCUT2D eigenvalue weighted by Crippen LogP contribution is -2.51. The van der Waals surface area contributed by atoms with Crippen molar-refractivity contribution in [3.05, 3.63) is 46.8 Å². The highest BCUT2D eigenvalue weighted by atomic mass is 32.2. The third-order valence-corrected chi connectivity index (χ3v) is 9.40. The number of benzene rings is 1. The number of carbonyl (C=O) groups is 1. The van der Waals surface area contributed by atoms with Gasteiger partial charge in [0.25, 0.3) is 0 Å². The lowest BCUT2D eigenvalue weighted by Gasteiger charge is -2.38. The van der Waals surface area contributed by atoms with Gasteiger partial charge in [0.15, 0.2) is 0 Å². The predicted molar refractivity (Wildman–Crippen MR) is 128 cm³/mol. The van der Waals surface area contributed by atoms with E-state index in [1.165, 1.54) is 17.5 Å². The average Bonchev–Trinajstić information content (AvgIpc) is 3.28. The highest BCUT2D eigenvalue weighted by Crippen LogP contribution is 2.29. The first kappa shape index (κ1) is 23.5. The van der Waals surface area contributed by atoms with Crippen molar-refractivity contribution in [2.75, 3.05) is 39.3 Å². The Labute approximate surface area is 201 Å². The second-order valence-electron chi connectivity index (χ2n) is 9.85. The Morgan fingerprint density at radius 2 is 1.71 bits per heavy atom. The van der Waals surface area contributed by atoms with Gasteiger partial charge in [0, 0.05) is 57.8 Å². The van der Waals surface area contributed by atoms with Crippen LogP contribution in [0, 0.1) is 12.8 Å². The van der Waals surface area contributed by atoms with Crippen LogP contribution in [0.25, 0.3) is 0 Å². The number of sulfonamides is 1. The van der Waals surface area contributed by atoms with Crippen LogP contribution in [0.15, 0.2) is 33.7 Å². The zero-order valence-corrected chi connectivity index (χ0v) is 20.7. The topological polar surface area (TPSA) is 87.0 Å². The number of carbonyl (C=O) groups excluding carboxylic acids is 1. The molecule has 3 heterocycles. The standard InChI is InChI=1S/C25H34N4O4S/c1-19-16-23(26-33-19)18-27-12-14-28(15-13-27)25(30)21-8-10-29(11-9-21)34(31,32)24-7-6-20-4-2-3-5-22(20)17-24/h6-7,16-17,21H,2-5,8-15,18H2,1H3. The molecule has 0 atom stereocenters. The van der Waals surface area contributed by atoms with E-state index in [4.69, 9.17) is 4.52 Å². The summed E-state index contributed by atoms with van der Waals surface area (Å²) in [6, 6.07) is 7.57. The van der Waals surface area contributed by atoms with Gasteiger partial charge in [-0.05, 0) is 68.7 Å². The summed E-state index contributed by atoms with van der Waals surface area (Å²) in [4.78, 5) is 17.8. The van der Waals surface area contributed by atoms with Crippen LogP contribution in [0.1, 0.15) is 48.3 Å². The number of hydrogen-bond acceptors (Lipinski definition) is 6. The molecule has 0 saturated carbocycles. The van der Waals surface area contributed by atoms with Crippen molar-refractivity contribution < 1.29 is 17.7 Å². The van der Waals surface area contributed by atoms with Crippen molar-refractivity contribution in [2.45, 2.75) is 56.9 Å². The Hall–Kier alpha value is -2.23. The van der Waals surface area contributed by atoms with E-state index >= 15 is 0 Å². The molecule has 5 rings (SSSR count). The molecule has 1 amide bonds. The summed E-state index contributed by atoms with van der Waals surface area (Å²) < 4.78 is 33.2. The molecule has 0 unspecified atom stereocenters. The number of amides is 1. The fourth-order valence-electron chi connectivity index (χ4n) is 5.47. The Balaban J connectivity index is 1.13. The van der Waals surface area contributed by atoms with Crippen molar-refractivity contribution in [1.29, 1.82) is 0 Å². The lowest BCUT2D eigenvalue weighted by molar-refractivity contribution is -0.138. The Morgan fingerprint density at radius 1 is 1.00 bits per heavy atom. The quantitative estimate of drug-likeness (QED) is 0.646. The number of aromatic nitrogens is 1. The van der Waals surface area contributed by atoms with Crippen LogP contribution in [0.2, 0.25) is 0 Å². The summed E-state index contributed by atoms with van der Waals surface area (Å²) in [6.07, 6.45) is 5.47. The number of hydrogen-bond donors (Lipinski definition) is 0. The van der Waals surface area contributed by atoms with Crippen molar-refractivity contribution >= 4 is 15.9 Å². The van der Waals surface area contributed by atoms with Gasteiger partial charge in [-0.1, -0.05) is 11.2 Å². The van der Waals surface area contributed by atoms with Crippen LogP contribution in [0.5, 0.6) is 0 Å². The van der Waals surface area contributed by atoms with Crippen LogP contribution < -0.4 is 0 Å². The maximum Gasteiger partial charge on any atom is 0.243 e. The zero-order chi connectivity index (χ0) is 23.7. The molecule has 2 aromatic rings. The van der Waals surface area contributed by atoms with Crippen molar-refractivity contribution in [3.63, 3.8) is 0 Å². The zero-order valence-electron chi connectivity index (χ0n) is 19.9. The molecule has 3 aliphatic rings. The molecular weight excluding hydrogens is 452 g/mol. The van der Waals surface area contributed by atoms with Gasteiger partial charge >= 0.3 is 0 Å². The van der Waals surface area contributed by atoms with E-state index < -0.39 is 10.0 Å². The summed E-state index contributed by atoms with van der Waals surface area (Å²) in [5.74, 6) is 0.881. The largest absolute Gasteiger partial charge is 0.361 e. The SMILES string of the molecule is Cc1cc(CN2CCN(C(=O)C3CCN(S(=O)(=O)c4ccc5c(c4)CCCC5)CC3)CC2)no1. The summed E-state index contributed by atoms with van der Waals surface area (Å²) in [5.41, 5.74) is 3.38. The number of rotatable bonds is 5. The molecule has 34 heavy (non-hydrogen) atoms. The van der Waals surface area contributed by atoms with Crippen LogP contribution in [-0.2, 0) is 34.2 Å². The van der Waals surface area contributed by atoms with Crippen LogP contribution in [0.4, 0.5) is 0 Å². The van der Waals surface area contributed by atoms with Gasteiger partial charge in [0.05, 0.1) is 10.6 Å². The van der Waals surface area contributed by atoms with Crippen molar-refractivity contribution in [1.82, 2.24) is 19.3 Å². The van der Waals surface area contributed by atoms with E-state index in [1.807, 2.05) is 30.0 Å². The molecule has 184 valence electrons. The number of nitrogens with zero attached hydrogens (tertiary/aromatic N) is 4. The molecular formula is C25H34N4O4S. The minimum Gasteiger partial charge on any atom is -0.361 e. The molecule has 1 aliphatic carbocycles. The monoisotopic (exact) mass is 486 g/mol. The maximum absolute atomic E-state index is 13.3. The summed E-state index contributed by atoms with van der Waals surface area (Å²) in [7, 11) is -3.52. The molecule has 0 bridgehead atoms. The third kappa shape index (κ3) is 4.92. The minimum absolute atomic E-state index is 0.0975. The van der Waals surface area contributed by atoms with Gasteiger partial charge < -0.3 is 9.42 Å². The molecule has 2 saturated heterocycles. The van der Waals surface area contributed by atoms with Gasteiger partial charge in [0.1, 0.15) is 5.76 Å². The highest BCUT2D eigenvalue weighted by Gasteiger charge is 2.35. The number of fused-ring (bicyclic) bond motifs is 1. The van der Waals surface area contributed by atoms with Gasteiger partial charge in [-0.15, -0.1) is 0 Å². The lowest BCUT2D eigenvalue weighted by atomic mass is 9.92. The van der Waals surface area contributed by atoms with Crippen LogP contribution in [-0.4, -0.2) is 72.9 Å². The minimum atomic E-state index is -3.52. The first-order valence-electron chi connectivity index (χ1n) is 12.5. The van der Waals surface area contributed by atoms with Crippen LogP contribution in [0.3, 0.4) is 0 Å². The summed E-state index contributed by atoms with van der Waals surface area (Å²) >= 11 is 0. The van der Waals surface area contributed by atoms with Gasteiger partial charge in [-0.25, -0.2) is 8.42 Å². The Kier molecular flexibility index (Phi) is 6.77. The maximum atomic E-state index is 13.3. The van der Waals surface area contributed by atoms with Crippen molar-refractivity contribution in [3.8, 4) is 0 Å². The average molecular weight is 487 g/mol. The van der Waals surface area contributed by atoms with E-state index in [0.717, 1.165) is 50.4 Å². The number of aryl methyl sites for hydroxylation is 3. The molecule has 0 N–H and O–H groups in total. The van der Waals surface area contributed by atoms with Gasteiger partial charge in [-0.2, -0.15) is 4.31 Å². The molecule has 9 heteroatoms. The molecule has 1 aromatic carbocycles. The molecule has 0 radical (unpaired) electrons. The molecule has 0 spiro atoms. The van der Waals surface area contributed by atoms with Gasteiger partial charge in [0.2, 0.25) is 15.9 Å². The Morgan fingerprint density at radius 3 is 2.38 bits per heavy atom. The summed E-state index contributed by atoms with van der Waals surface area (Å²) in [5, 5.41) is 4.06. The number of piperidine rings is 1. The molecule has 2 aliphatic heterocycles. The first-order chi connectivity index (χ1) is 16.4. The highest BCUT2D eigenvalue weighted by molar-refractivity contribution is 7.89. The number of piperazine rings is 1. The molecule has 1 aromatic heterocycles. The van der Waals surface area contributed by atoms with E-state index in [1.54, 1.807) is 10.4 Å². The third-order valence-electron chi connectivity index (χ3n) is 7.51. The van der Waals surface area contributed by atoms with Crippen LogP contribution >= 0.6 is 0 Å². The van der Waals surface area contributed by atoms with E-state index in [0.29, 0.717) is 43.9 Å². The van der Waals surface area contributed by atoms with E-state index in [2.05, 4.69) is 10.1 Å². The second kappa shape index (κ2) is 9.79. The smallest absolute Gasteiger partial charge is 0.243 e. The fraction of sp³-hybridized carbons (Fsp3) is 0.600.